The summed E-state index contributed by atoms with van der Waals surface area (Å²) in [6, 6.07) is 1.52. The molecule has 0 aromatic carbocycles. The summed E-state index contributed by atoms with van der Waals surface area (Å²) in [7, 11) is -3.31. The van der Waals surface area contributed by atoms with E-state index in [1.165, 1.54) is 37.9 Å². The predicted octanol–water partition coefficient (Wildman–Crippen LogP) is 1.84. The minimum absolute atomic E-state index is 0.283. The van der Waals surface area contributed by atoms with E-state index in [1.54, 1.807) is 4.31 Å². The van der Waals surface area contributed by atoms with Gasteiger partial charge in [0.2, 0.25) is 10.0 Å². The van der Waals surface area contributed by atoms with Crippen molar-refractivity contribution in [2.24, 2.45) is 5.41 Å². The van der Waals surface area contributed by atoms with Crippen LogP contribution in [-0.4, -0.2) is 25.8 Å². The second kappa shape index (κ2) is 3.34. The molecule has 16 heavy (non-hydrogen) atoms. The molecule has 1 saturated heterocycles. The molecule has 0 radical (unpaired) electrons. The second-order valence-electron chi connectivity index (χ2n) is 4.90. The number of piperidine rings is 1. The van der Waals surface area contributed by atoms with Crippen molar-refractivity contribution in [3.05, 3.63) is 18.6 Å². The van der Waals surface area contributed by atoms with Crippen LogP contribution in [0.1, 0.15) is 25.7 Å². The van der Waals surface area contributed by atoms with Crippen LogP contribution in [0.4, 0.5) is 0 Å². The number of rotatable bonds is 2. The van der Waals surface area contributed by atoms with E-state index in [2.05, 4.69) is 0 Å². The normalized spacial score (nSPS) is 24.8. The molecule has 0 amide bonds. The zero-order chi connectivity index (χ0) is 11.2. The molecule has 0 unspecified atom stereocenters. The van der Waals surface area contributed by atoms with Crippen LogP contribution >= 0.6 is 0 Å². The lowest BCUT2D eigenvalue weighted by atomic mass is 9.97. The van der Waals surface area contributed by atoms with Crippen LogP contribution in [0, 0.1) is 5.41 Å². The maximum absolute atomic E-state index is 12.2. The zero-order valence-corrected chi connectivity index (χ0v) is 9.87. The van der Waals surface area contributed by atoms with Crippen LogP contribution < -0.4 is 0 Å². The van der Waals surface area contributed by atoms with E-state index in [1.807, 2.05) is 0 Å². The molecule has 1 aromatic rings. The van der Waals surface area contributed by atoms with Crippen molar-refractivity contribution in [2.45, 2.75) is 30.6 Å². The van der Waals surface area contributed by atoms with E-state index in [-0.39, 0.29) is 4.90 Å². The van der Waals surface area contributed by atoms with Crippen molar-refractivity contribution in [1.29, 1.82) is 0 Å². The van der Waals surface area contributed by atoms with Gasteiger partial charge in [-0.2, -0.15) is 4.31 Å². The molecule has 2 fully saturated rings. The number of hydrogen-bond acceptors (Lipinski definition) is 3. The molecule has 2 heterocycles. The van der Waals surface area contributed by atoms with E-state index in [0.717, 1.165) is 6.42 Å². The fraction of sp³-hybridized carbons (Fsp3) is 0.636. The van der Waals surface area contributed by atoms with Gasteiger partial charge in [0, 0.05) is 13.1 Å². The Kier molecular flexibility index (Phi) is 2.16. The molecule has 2 aliphatic rings. The molecular formula is C11H15NO3S. The molecule has 1 aliphatic heterocycles. The maximum atomic E-state index is 12.2. The molecule has 88 valence electrons. The Bertz CT molecular complexity index is 473. The molecule has 3 rings (SSSR count). The van der Waals surface area contributed by atoms with Crippen molar-refractivity contribution in [3.8, 4) is 0 Å². The number of hydrogen-bond donors (Lipinski definition) is 0. The topological polar surface area (TPSA) is 50.5 Å². The zero-order valence-electron chi connectivity index (χ0n) is 9.05. The average molecular weight is 241 g/mol. The van der Waals surface area contributed by atoms with E-state index in [9.17, 15) is 8.42 Å². The SMILES string of the molecule is O=S(=O)(c1ccoc1)N1CCCC2(CC2)C1. The Hall–Kier alpha value is -0.810. The summed E-state index contributed by atoms with van der Waals surface area (Å²) in [6.07, 6.45) is 7.25. The monoisotopic (exact) mass is 241 g/mol. The summed E-state index contributed by atoms with van der Waals surface area (Å²) in [6.45, 7) is 1.34. The van der Waals surface area contributed by atoms with Gasteiger partial charge in [0.05, 0.1) is 6.26 Å². The summed E-state index contributed by atoms with van der Waals surface area (Å²) in [5.41, 5.74) is 0.315. The summed E-state index contributed by atoms with van der Waals surface area (Å²) in [4.78, 5) is 0.283. The highest BCUT2D eigenvalue weighted by Gasteiger charge is 2.48. The third-order valence-electron chi connectivity index (χ3n) is 3.72. The standard InChI is InChI=1S/C11H15NO3S/c13-16(14,10-2-7-15-8-10)12-6-1-3-11(9-12)4-5-11/h2,7-8H,1,3-6,9H2. The molecule has 4 nitrogen and oxygen atoms in total. The first-order valence-corrected chi connectivity index (χ1v) is 7.09. The van der Waals surface area contributed by atoms with Crippen LogP contribution in [0.5, 0.6) is 0 Å². The lowest BCUT2D eigenvalue weighted by Gasteiger charge is -2.31. The van der Waals surface area contributed by atoms with E-state index in [0.29, 0.717) is 18.5 Å². The second-order valence-corrected chi connectivity index (χ2v) is 6.84. The Morgan fingerprint density at radius 2 is 2.12 bits per heavy atom. The maximum Gasteiger partial charge on any atom is 0.246 e. The number of furan rings is 1. The Morgan fingerprint density at radius 1 is 1.31 bits per heavy atom. The summed E-state index contributed by atoms with van der Waals surface area (Å²) < 4.78 is 30.9. The van der Waals surface area contributed by atoms with Gasteiger partial charge in [-0.05, 0) is 37.2 Å². The first-order chi connectivity index (χ1) is 7.62. The highest BCUT2D eigenvalue weighted by molar-refractivity contribution is 7.89. The lowest BCUT2D eigenvalue weighted by Crippen LogP contribution is -2.40. The van der Waals surface area contributed by atoms with Crippen LogP contribution in [0.15, 0.2) is 27.9 Å². The summed E-state index contributed by atoms with van der Waals surface area (Å²) in [5, 5.41) is 0. The fourth-order valence-electron chi connectivity index (χ4n) is 2.50. The van der Waals surface area contributed by atoms with Gasteiger partial charge in [-0.3, -0.25) is 0 Å². The largest absolute Gasteiger partial charge is 0.471 e. The quantitative estimate of drug-likeness (QED) is 0.794. The van der Waals surface area contributed by atoms with Gasteiger partial charge in [0.25, 0.3) is 0 Å². The predicted molar refractivity (Wildman–Crippen MR) is 58.4 cm³/mol. The first-order valence-electron chi connectivity index (χ1n) is 5.65. The Balaban J connectivity index is 1.87. The van der Waals surface area contributed by atoms with Crippen LogP contribution in [0.2, 0.25) is 0 Å². The number of nitrogens with zero attached hydrogens (tertiary/aromatic N) is 1. The highest BCUT2D eigenvalue weighted by Crippen LogP contribution is 2.52. The molecule has 0 N–H and O–H groups in total. The van der Waals surface area contributed by atoms with Gasteiger partial charge >= 0.3 is 0 Å². The number of sulfonamides is 1. The Labute approximate surface area is 95.3 Å². The summed E-state index contributed by atoms with van der Waals surface area (Å²) >= 11 is 0. The van der Waals surface area contributed by atoms with Gasteiger partial charge in [0.1, 0.15) is 11.2 Å². The third kappa shape index (κ3) is 1.58. The van der Waals surface area contributed by atoms with Crippen molar-refractivity contribution in [2.75, 3.05) is 13.1 Å². The molecular weight excluding hydrogens is 226 g/mol. The van der Waals surface area contributed by atoms with Crippen molar-refractivity contribution in [3.63, 3.8) is 0 Å². The smallest absolute Gasteiger partial charge is 0.246 e. The van der Waals surface area contributed by atoms with E-state index < -0.39 is 10.0 Å². The van der Waals surface area contributed by atoms with Gasteiger partial charge in [0.15, 0.2) is 0 Å². The van der Waals surface area contributed by atoms with E-state index >= 15 is 0 Å². The van der Waals surface area contributed by atoms with Gasteiger partial charge in [-0.15, -0.1) is 0 Å². The van der Waals surface area contributed by atoms with Gasteiger partial charge in [-0.25, -0.2) is 8.42 Å². The molecule has 1 aromatic heterocycles. The van der Waals surface area contributed by atoms with Crippen LogP contribution in [-0.2, 0) is 10.0 Å². The highest BCUT2D eigenvalue weighted by atomic mass is 32.2. The molecule has 1 aliphatic carbocycles. The molecule has 1 spiro atoms. The first kappa shape index (κ1) is 10.4. The molecule has 0 bridgehead atoms. The summed E-state index contributed by atoms with van der Waals surface area (Å²) in [5.74, 6) is 0. The van der Waals surface area contributed by atoms with Crippen molar-refractivity contribution in [1.82, 2.24) is 4.31 Å². The van der Waals surface area contributed by atoms with Crippen LogP contribution in [0.25, 0.3) is 0 Å². The molecule has 5 heteroatoms. The fourth-order valence-corrected chi connectivity index (χ4v) is 4.02. The average Bonchev–Trinajstić information content (AvgIpc) is 2.84. The van der Waals surface area contributed by atoms with Gasteiger partial charge < -0.3 is 4.42 Å². The van der Waals surface area contributed by atoms with Crippen molar-refractivity contribution >= 4 is 10.0 Å². The van der Waals surface area contributed by atoms with Gasteiger partial charge in [-0.1, -0.05) is 0 Å². The van der Waals surface area contributed by atoms with Crippen molar-refractivity contribution < 1.29 is 12.8 Å². The van der Waals surface area contributed by atoms with E-state index in [4.69, 9.17) is 4.42 Å². The lowest BCUT2D eigenvalue weighted by molar-refractivity contribution is 0.249. The minimum Gasteiger partial charge on any atom is -0.471 e. The third-order valence-corrected chi connectivity index (χ3v) is 5.54. The Morgan fingerprint density at radius 3 is 2.75 bits per heavy atom. The minimum atomic E-state index is -3.31. The molecule has 0 atom stereocenters. The van der Waals surface area contributed by atoms with Crippen LogP contribution in [0.3, 0.4) is 0 Å². The molecule has 1 saturated carbocycles.